The van der Waals surface area contributed by atoms with Crippen molar-refractivity contribution in [3.05, 3.63) is 56.7 Å². The minimum absolute atomic E-state index is 0.0165. The number of thiophene rings is 1. The molecular weight excluding hydrogens is 334 g/mol. The Morgan fingerprint density at radius 2 is 2.05 bits per heavy atom. The van der Waals surface area contributed by atoms with Crippen molar-refractivity contribution >= 4 is 44.8 Å². The Kier molecular flexibility index (Phi) is 5.56. The third kappa shape index (κ3) is 4.05. The van der Waals surface area contributed by atoms with Crippen LogP contribution < -0.4 is 5.32 Å². The van der Waals surface area contributed by atoms with Gasteiger partial charge in [0.15, 0.2) is 0 Å². The zero-order chi connectivity index (χ0) is 14.4. The Bertz CT molecular complexity index is 587. The normalized spacial score (nSPS) is 11.4. The molecule has 0 aliphatic heterocycles. The number of carbonyl (C=O) groups excluding carboxylic acids is 1. The van der Waals surface area contributed by atoms with Gasteiger partial charge in [-0.1, -0.05) is 41.1 Å². The molecule has 0 fully saturated rings. The third-order valence-corrected chi connectivity index (χ3v) is 4.18. The lowest BCUT2D eigenvalue weighted by Crippen LogP contribution is -2.24. The molecule has 0 unspecified atom stereocenters. The summed E-state index contributed by atoms with van der Waals surface area (Å²) in [6.45, 7) is 2.74. The highest BCUT2D eigenvalue weighted by Gasteiger charge is 2.12. The van der Waals surface area contributed by atoms with Gasteiger partial charge in [-0.2, -0.15) is 0 Å². The van der Waals surface area contributed by atoms with Gasteiger partial charge in [-0.05, 0) is 41.6 Å². The molecule has 0 aliphatic carbocycles. The van der Waals surface area contributed by atoms with Crippen LogP contribution in [0.1, 0.15) is 23.8 Å². The SMILES string of the molecule is CCCNC(=O)C(=Cc1ccc(Br)cc1)c1cccs1. The number of hydrogen-bond donors (Lipinski definition) is 1. The van der Waals surface area contributed by atoms with Gasteiger partial charge in [-0.15, -0.1) is 11.3 Å². The summed E-state index contributed by atoms with van der Waals surface area (Å²) in [7, 11) is 0. The van der Waals surface area contributed by atoms with E-state index in [1.165, 1.54) is 0 Å². The van der Waals surface area contributed by atoms with E-state index >= 15 is 0 Å². The van der Waals surface area contributed by atoms with Crippen LogP contribution in [0.3, 0.4) is 0 Å². The molecule has 1 aromatic heterocycles. The predicted molar refractivity (Wildman–Crippen MR) is 89.6 cm³/mol. The lowest BCUT2D eigenvalue weighted by Gasteiger charge is -2.07. The Labute approximate surface area is 131 Å². The van der Waals surface area contributed by atoms with Gasteiger partial charge in [0.2, 0.25) is 0 Å². The molecule has 1 aromatic carbocycles. The monoisotopic (exact) mass is 349 g/mol. The van der Waals surface area contributed by atoms with E-state index in [2.05, 4.69) is 21.2 Å². The minimum Gasteiger partial charge on any atom is -0.352 e. The van der Waals surface area contributed by atoms with Gasteiger partial charge in [0.25, 0.3) is 5.91 Å². The van der Waals surface area contributed by atoms with Crippen molar-refractivity contribution < 1.29 is 4.79 Å². The average Bonchev–Trinajstić information content (AvgIpc) is 2.98. The number of benzene rings is 1. The molecular formula is C16H16BrNOS. The van der Waals surface area contributed by atoms with Crippen LogP contribution in [0.2, 0.25) is 0 Å². The second-order valence-electron chi connectivity index (χ2n) is 4.34. The maximum absolute atomic E-state index is 12.3. The van der Waals surface area contributed by atoms with Gasteiger partial charge >= 0.3 is 0 Å². The van der Waals surface area contributed by atoms with Crippen molar-refractivity contribution in [3.8, 4) is 0 Å². The maximum atomic E-state index is 12.3. The lowest BCUT2D eigenvalue weighted by atomic mass is 10.1. The van der Waals surface area contributed by atoms with Gasteiger partial charge in [0, 0.05) is 15.9 Å². The molecule has 1 N–H and O–H groups in total. The Hall–Kier alpha value is -1.39. The number of hydrogen-bond acceptors (Lipinski definition) is 2. The standard InChI is InChI=1S/C16H16BrNOS/c1-2-9-18-16(19)14(15-4-3-10-20-15)11-12-5-7-13(17)8-6-12/h3-8,10-11H,2,9H2,1H3,(H,18,19). The highest BCUT2D eigenvalue weighted by atomic mass is 79.9. The van der Waals surface area contributed by atoms with E-state index in [0.717, 1.165) is 26.9 Å². The van der Waals surface area contributed by atoms with Crippen molar-refractivity contribution in [2.75, 3.05) is 6.54 Å². The largest absolute Gasteiger partial charge is 0.352 e. The van der Waals surface area contributed by atoms with Crippen molar-refractivity contribution in [2.45, 2.75) is 13.3 Å². The summed E-state index contributed by atoms with van der Waals surface area (Å²) in [5.41, 5.74) is 1.74. The highest BCUT2D eigenvalue weighted by molar-refractivity contribution is 9.10. The van der Waals surface area contributed by atoms with Crippen molar-refractivity contribution in [1.82, 2.24) is 5.32 Å². The number of halogens is 1. The summed E-state index contributed by atoms with van der Waals surface area (Å²) >= 11 is 4.99. The van der Waals surface area contributed by atoms with E-state index in [0.29, 0.717) is 6.54 Å². The molecule has 20 heavy (non-hydrogen) atoms. The summed E-state index contributed by atoms with van der Waals surface area (Å²) in [5, 5.41) is 4.93. The highest BCUT2D eigenvalue weighted by Crippen LogP contribution is 2.23. The van der Waals surface area contributed by atoms with Gasteiger partial charge in [-0.25, -0.2) is 0 Å². The van der Waals surface area contributed by atoms with Crippen LogP contribution in [0.25, 0.3) is 11.6 Å². The summed E-state index contributed by atoms with van der Waals surface area (Å²) in [5.74, 6) is -0.0165. The van der Waals surface area contributed by atoms with Crippen LogP contribution in [0.15, 0.2) is 46.3 Å². The zero-order valence-electron chi connectivity index (χ0n) is 11.2. The van der Waals surface area contributed by atoms with Gasteiger partial charge in [-0.3, -0.25) is 4.79 Å². The van der Waals surface area contributed by atoms with Crippen molar-refractivity contribution in [2.24, 2.45) is 0 Å². The van der Waals surface area contributed by atoms with Crippen molar-refractivity contribution in [1.29, 1.82) is 0 Å². The van der Waals surface area contributed by atoms with Crippen LogP contribution in [0.5, 0.6) is 0 Å². The van der Waals surface area contributed by atoms with Crippen LogP contribution in [-0.2, 0) is 4.79 Å². The second kappa shape index (κ2) is 7.41. The first kappa shape index (κ1) is 15.0. The number of nitrogens with one attached hydrogen (secondary N) is 1. The third-order valence-electron chi connectivity index (χ3n) is 2.75. The fourth-order valence-corrected chi connectivity index (χ4v) is 2.74. The van der Waals surface area contributed by atoms with E-state index in [4.69, 9.17) is 0 Å². The first-order valence-electron chi connectivity index (χ1n) is 6.50. The molecule has 2 nitrogen and oxygen atoms in total. The second-order valence-corrected chi connectivity index (χ2v) is 6.21. The molecule has 0 atom stereocenters. The van der Waals surface area contributed by atoms with E-state index in [9.17, 15) is 4.79 Å². The van der Waals surface area contributed by atoms with Gasteiger partial charge < -0.3 is 5.32 Å². The first-order chi connectivity index (χ1) is 9.70. The number of carbonyl (C=O) groups is 1. The molecule has 4 heteroatoms. The maximum Gasteiger partial charge on any atom is 0.252 e. The molecule has 0 bridgehead atoms. The van der Waals surface area contributed by atoms with Gasteiger partial charge in [0.1, 0.15) is 0 Å². The van der Waals surface area contributed by atoms with E-state index in [-0.39, 0.29) is 5.91 Å². The number of amides is 1. The first-order valence-corrected chi connectivity index (χ1v) is 8.17. The van der Waals surface area contributed by atoms with Crippen LogP contribution >= 0.6 is 27.3 Å². The molecule has 1 heterocycles. The molecule has 0 radical (unpaired) electrons. The van der Waals surface area contributed by atoms with Crippen LogP contribution in [-0.4, -0.2) is 12.5 Å². The van der Waals surface area contributed by atoms with E-state index in [1.54, 1.807) is 11.3 Å². The fraction of sp³-hybridized carbons (Fsp3) is 0.188. The molecule has 1 amide bonds. The molecule has 0 spiro atoms. The Morgan fingerprint density at radius 1 is 1.30 bits per heavy atom. The number of rotatable bonds is 5. The van der Waals surface area contributed by atoms with E-state index in [1.807, 2.05) is 54.8 Å². The predicted octanol–water partition coefficient (Wildman–Crippen LogP) is 4.58. The lowest BCUT2D eigenvalue weighted by molar-refractivity contribution is -0.115. The zero-order valence-corrected chi connectivity index (χ0v) is 13.6. The van der Waals surface area contributed by atoms with Crippen LogP contribution in [0.4, 0.5) is 0 Å². The molecule has 2 aromatic rings. The summed E-state index contributed by atoms with van der Waals surface area (Å²) in [6.07, 6.45) is 2.87. The Morgan fingerprint density at radius 3 is 2.65 bits per heavy atom. The minimum atomic E-state index is -0.0165. The van der Waals surface area contributed by atoms with Crippen molar-refractivity contribution in [3.63, 3.8) is 0 Å². The average molecular weight is 350 g/mol. The topological polar surface area (TPSA) is 29.1 Å². The fourth-order valence-electron chi connectivity index (χ4n) is 1.74. The Balaban J connectivity index is 2.31. The molecule has 0 saturated heterocycles. The molecule has 2 rings (SSSR count). The molecule has 0 saturated carbocycles. The summed E-state index contributed by atoms with van der Waals surface area (Å²) < 4.78 is 1.03. The van der Waals surface area contributed by atoms with E-state index < -0.39 is 0 Å². The molecule has 0 aliphatic rings. The molecule has 104 valence electrons. The van der Waals surface area contributed by atoms with Crippen LogP contribution in [0, 0.1) is 0 Å². The quantitative estimate of drug-likeness (QED) is 0.786. The van der Waals surface area contributed by atoms with Gasteiger partial charge in [0.05, 0.1) is 5.57 Å². The summed E-state index contributed by atoms with van der Waals surface area (Å²) in [6, 6.07) is 11.9. The summed E-state index contributed by atoms with van der Waals surface area (Å²) in [4.78, 5) is 13.3. The smallest absolute Gasteiger partial charge is 0.252 e.